The lowest BCUT2D eigenvalue weighted by Gasteiger charge is -2.19. The van der Waals surface area contributed by atoms with Crippen LogP contribution in [0, 0.1) is 5.82 Å². The van der Waals surface area contributed by atoms with E-state index in [4.69, 9.17) is 0 Å². The summed E-state index contributed by atoms with van der Waals surface area (Å²) in [5.74, 6) is -0.468. The molecule has 1 aliphatic heterocycles. The number of aliphatic hydroxyl groups is 1. The monoisotopic (exact) mass is 428 g/mol. The van der Waals surface area contributed by atoms with Gasteiger partial charge in [-0.3, -0.25) is 9.79 Å². The van der Waals surface area contributed by atoms with Crippen LogP contribution in [0.5, 0.6) is 0 Å². The first-order valence-corrected chi connectivity index (χ1v) is 10.7. The topological polar surface area (TPSA) is 61.7 Å². The Balaban J connectivity index is 1.53. The number of carbonyl (C=O) groups excluding carboxylic acids is 1. The minimum atomic E-state index is -0.275. The zero-order valence-electron chi connectivity index (χ0n) is 17.7. The average molecular weight is 429 g/mol. The van der Waals surface area contributed by atoms with Crippen LogP contribution in [-0.4, -0.2) is 35.9 Å². The molecule has 1 heterocycles. The summed E-state index contributed by atoms with van der Waals surface area (Å²) in [5.41, 5.74) is 5.03. The van der Waals surface area contributed by atoms with Crippen molar-refractivity contribution in [1.82, 2.24) is 5.32 Å². The molecular formula is C27H25FN2O2. The first-order valence-electron chi connectivity index (χ1n) is 10.7. The summed E-state index contributed by atoms with van der Waals surface area (Å²) in [5, 5.41) is 12.6. The van der Waals surface area contributed by atoms with E-state index in [9.17, 15) is 14.3 Å². The van der Waals surface area contributed by atoms with E-state index in [0.29, 0.717) is 24.9 Å². The van der Waals surface area contributed by atoms with E-state index in [-0.39, 0.29) is 24.4 Å². The standard InChI is InChI=1S/C27H25FN2O2/c28-22-12-10-20(11-13-22)21-17-26(29-18-21)24-8-4-5-9-25(24)27(32)30-23(14-15-31)16-19-6-2-1-3-7-19/h1-13,17,23,31H,14-16,18H2,(H,30,32). The van der Waals surface area contributed by atoms with Gasteiger partial charge in [0.25, 0.3) is 5.91 Å². The Labute approximate surface area is 187 Å². The number of hydrogen-bond acceptors (Lipinski definition) is 3. The lowest BCUT2D eigenvalue weighted by Crippen LogP contribution is -2.37. The number of benzene rings is 3. The van der Waals surface area contributed by atoms with E-state index in [2.05, 4.69) is 10.3 Å². The molecule has 0 bridgehead atoms. The summed E-state index contributed by atoms with van der Waals surface area (Å²) >= 11 is 0. The second-order valence-corrected chi connectivity index (χ2v) is 7.80. The first kappa shape index (κ1) is 21.7. The lowest BCUT2D eigenvalue weighted by atomic mass is 9.99. The number of amides is 1. The van der Waals surface area contributed by atoms with E-state index >= 15 is 0 Å². The number of aliphatic imine (C=N–C) groups is 1. The highest BCUT2D eigenvalue weighted by molar-refractivity contribution is 6.19. The highest BCUT2D eigenvalue weighted by atomic mass is 19.1. The van der Waals surface area contributed by atoms with Gasteiger partial charge < -0.3 is 10.4 Å². The van der Waals surface area contributed by atoms with Gasteiger partial charge in [0, 0.05) is 23.8 Å². The molecule has 1 atom stereocenters. The molecule has 0 spiro atoms. The quantitative estimate of drug-likeness (QED) is 0.557. The third-order valence-electron chi connectivity index (χ3n) is 5.53. The summed E-state index contributed by atoms with van der Waals surface area (Å²) in [4.78, 5) is 17.8. The van der Waals surface area contributed by atoms with Gasteiger partial charge in [-0.15, -0.1) is 0 Å². The molecule has 0 saturated carbocycles. The molecule has 1 aliphatic rings. The van der Waals surface area contributed by atoms with E-state index in [1.54, 1.807) is 18.2 Å². The Bertz CT molecular complexity index is 1140. The second-order valence-electron chi connectivity index (χ2n) is 7.80. The molecule has 4 rings (SSSR count). The Hall–Kier alpha value is -3.57. The molecule has 0 saturated heterocycles. The van der Waals surface area contributed by atoms with Gasteiger partial charge in [0.05, 0.1) is 12.3 Å². The largest absolute Gasteiger partial charge is 0.396 e. The molecule has 32 heavy (non-hydrogen) atoms. The van der Waals surface area contributed by atoms with Crippen molar-refractivity contribution in [3.05, 3.63) is 113 Å². The number of hydrogen-bond donors (Lipinski definition) is 2. The van der Waals surface area contributed by atoms with Crippen molar-refractivity contribution in [2.24, 2.45) is 4.99 Å². The van der Waals surface area contributed by atoms with Crippen molar-refractivity contribution in [3.63, 3.8) is 0 Å². The van der Waals surface area contributed by atoms with Crippen molar-refractivity contribution >= 4 is 17.2 Å². The summed E-state index contributed by atoms with van der Waals surface area (Å²) < 4.78 is 13.2. The second kappa shape index (κ2) is 10.2. The Morgan fingerprint density at radius 2 is 1.72 bits per heavy atom. The highest BCUT2D eigenvalue weighted by Crippen LogP contribution is 2.23. The van der Waals surface area contributed by atoms with Crippen LogP contribution in [0.1, 0.15) is 33.5 Å². The Morgan fingerprint density at radius 3 is 2.47 bits per heavy atom. The fraction of sp³-hybridized carbons (Fsp3) is 0.185. The van der Waals surface area contributed by atoms with Crippen LogP contribution >= 0.6 is 0 Å². The summed E-state index contributed by atoms with van der Waals surface area (Å²) in [6.45, 7) is 0.480. The van der Waals surface area contributed by atoms with E-state index < -0.39 is 0 Å². The number of nitrogens with one attached hydrogen (secondary N) is 1. The molecule has 4 nitrogen and oxygen atoms in total. The molecule has 3 aromatic carbocycles. The number of halogens is 1. The first-order chi connectivity index (χ1) is 15.6. The maximum Gasteiger partial charge on any atom is 0.252 e. The number of allylic oxidation sites excluding steroid dienone is 1. The Kier molecular flexibility index (Phi) is 6.87. The van der Waals surface area contributed by atoms with Crippen LogP contribution in [0.3, 0.4) is 0 Å². The van der Waals surface area contributed by atoms with Gasteiger partial charge in [0.15, 0.2) is 0 Å². The molecule has 5 heteroatoms. The fourth-order valence-corrected chi connectivity index (χ4v) is 3.88. The Morgan fingerprint density at radius 1 is 1.00 bits per heavy atom. The third kappa shape index (κ3) is 5.18. The molecule has 162 valence electrons. The van der Waals surface area contributed by atoms with Crippen LogP contribution in [-0.2, 0) is 6.42 Å². The molecule has 1 unspecified atom stereocenters. The van der Waals surface area contributed by atoms with Crippen molar-refractivity contribution < 1.29 is 14.3 Å². The predicted octanol–water partition coefficient (Wildman–Crippen LogP) is 4.44. The number of rotatable bonds is 8. The molecule has 0 aliphatic carbocycles. The van der Waals surface area contributed by atoms with Gasteiger partial charge in [0.1, 0.15) is 5.82 Å². The summed E-state index contributed by atoms with van der Waals surface area (Å²) in [6, 6.07) is 23.5. The minimum Gasteiger partial charge on any atom is -0.396 e. The SMILES string of the molecule is O=C(NC(CCO)Cc1ccccc1)c1ccccc1C1=NCC(c2ccc(F)cc2)=C1. The normalized spacial score (nSPS) is 13.9. The number of aliphatic hydroxyl groups excluding tert-OH is 1. The zero-order chi connectivity index (χ0) is 22.3. The van der Waals surface area contributed by atoms with Gasteiger partial charge in [0.2, 0.25) is 0 Å². The minimum absolute atomic E-state index is 0.00406. The molecule has 1 amide bonds. The molecule has 2 N–H and O–H groups in total. The van der Waals surface area contributed by atoms with Crippen molar-refractivity contribution in [2.45, 2.75) is 18.9 Å². The predicted molar refractivity (Wildman–Crippen MR) is 125 cm³/mol. The van der Waals surface area contributed by atoms with E-state index in [1.165, 1.54) is 12.1 Å². The maximum atomic E-state index is 13.2. The van der Waals surface area contributed by atoms with Crippen LogP contribution in [0.2, 0.25) is 0 Å². The average Bonchev–Trinajstić information content (AvgIpc) is 3.30. The van der Waals surface area contributed by atoms with E-state index in [1.807, 2.05) is 54.6 Å². The number of carbonyl (C=O) groups is 1. The summed E-state index contributed by atoms with van der Waals surface area (Å²) in [7, 11) is 0. The third-order valence-corrected chi connectivity index (χ3v) is 5.53. The zero-order valence-corrected chi connectivity index (χ0v) is 17.7. The van der Waals surface area contributed by atoms with Gasteiger partial charge in [-0.1, -0.05) is 60.7 Å². The fourth-order valence-electron chi connectivity index (χ4n) is 3.88. The van der Waals surface area contributed by atoms with E-state index in [0.717, 1.165) is 28.0 Å². The molecule has 3 aromatic rings. The molecule has 0 aromatic heterocycles. The van der Waals surface area contributed by atoms with Gasteiger partial charge in [-0.2, -0.15) is 0 Å². The van der Waals surface area contributed by atoms with Crippen molar-refractivity contribution in [3.8, 4) is 0 Å². The molecular weight excluding hydrogens is 403 g/mol. The number of nitrogens with zero attached hydrogens (tertiary/aromatic N) is 1. The van der Waals surface area contributed by atoms with Crippen LogP contribution < -0.4 is 5.32 Å². The lowest BCUT2D eigenvalue weighted by molar-refractivity contribution is 0.0930. The van der Waals surface area contributed by atoms with Crippen LogP contribution in [0.15, 0.2) is 89.9 Å². The maximum absolute atomic E-state index is 13.2. The van der Waals surface area contributed by atoms with Crippen LogP contribution in [0.25, 0.3) is 5.57 Å². The molecule has 0 radical (unpaired) electrons. The smallest absolute Gasteiger partial charge is 0.252 e. The van der Waals surface area contributed by atoms with Gasteiger partial charge in [-0.25, -0.2) is 4.39 Å². The highest BCUT2D eigenvalue weighted by Gasteiger charge is 2.20. The summed E-state index contributed by atoms with van der Waals surface area (Å²) in [6.07, 6.45) is 3.07. The van der Waals surface area contributed by atoms with Gasteiger partial charge in [-0.05, 0) is 53.8 Å². The van der Waals surface area contributed by atoms with Crippen molar-refractivity contribution in [1.29, 1.82) is 0 Å². The van der Waals surface area contributed by atoms with Crippen LogP contribution in [0.4, 0.5) is 4.39 Å². The van der Waals surface area contributed by atoms with Crippen molar-refractivity contribution in [2.75, 3.05) is 13.2 Å². The van der Waals surface area contributed by atoms with Gasteiger partial charge >= 0.3 is 0 Å². The molecule has 0 fully saturated rings.